The summed E-state index contributed by atoms with van der Waals surface area (Å²) < 4.78 is 17.3. The molecule has 3 aromatic rings. The summed E-state index contributed by atoms with van der Waals surface area (Å²) in [7, 11) is 0. The molecule has 156 valence electrons. The first-order valence-corrected chi connectivity index (χ1v) is 10.6. The van der Waals surface area contributed by atoms with Gasteiger partial charge in [-0.1, -0.05) is 49.7 Å². The number of fused-ring (bicyclic) bond motifs is 1. The summed E-state index contributed by atoms with van der Waals surface area (Å²) in [6.45, 7) is 1.71. The lowest BCUT2D eigenvalue weighted by Crippen LogP contribution is -2.25. The van der Waals surface area contributed by atoms with Crippen molar-refractivity contribution in [3.63, 3.8) is 0 Å². The molecule has 1 aliphatic rings. The predicted octanol–water partition coefficient (Wildman–Crippen LogP) is 5.28. The highest BCUT2D eigenvalue weighted by molar-refractivity contribution is 5.83. The number of ether oxygens (including phenoxy) is 2. The zero-order valence-electron chi connectivity index (χ0n) is 17.2. The van der Waals surface area contributed by atoms with Gasteiger partial charge in [0.05, 0.1) is 5.39 Å². The normalized spacial score (nSPS) is 14.6. The topological polar surface area (TPSA) is 65.7 Å². The fraction of sp³-hybridized carbons (Fsp3) is 0.360. The summed E-state index contributed by atoms with van der Waals surface area (Å²) >= 11 is 0. The minimum atomic E-state index is -0.456. The van der Waals surface area contributed by atoms with E-state index in [0.29, 0.717) is 22.3 Å². The van der Waals surface area contributed by atoms with Gasteiger partial charge in [-0.05, 0) is 49.8 Å². The first kappa shape index (κ1) is 20.2. The Morgan fingerprint density at radius 1 is 1.07 bits per heavy atom. The Morgan fingerprint density at radius 3 is 2.57 bits per heavy atom. The van der Waals surface area contributed by atoms with Crippen LogP contribution < -0.4 is 10.2 Å². The average Bonchev–Trinajstić information content (AvgIpc) is 2.79. The molecule has 0 amide bonds. The minimum absolute atomic E-state index is 0.0440. The lowest BCUT2D eigenvalue weighted by atomic mass is 9.98. The maximum Gasteiger partial charge on any atom is 0.344 e. The van der Waals surface area contributed by atoms with Crippen LogP contribution in [0.2, 0.25) is 0 Å². The lowest BCUT2D eigenvalue weighted by molar-refractivity contribution is -0.152. The number of hydrogen-bond acceptors (Lipinski definition) is 5. The SMILES string of the molecule is CCc1ccc2oc(-c3ccccc3)c(OCC(=O)OC3CCCCC3)c(=O)c2c1. The van der Waals surface area contributed by atoms with Gasteiger partial charge in [0.15, 0.2) is 12.4 Å². The molecule has 0 unspecified atom stereocenters. The molecule has 1 aromatic heterocycles. The van der Waals surface area contributed by atoms with Crippen LogP contribution in [0.25, 0.3) is 22.3 Å². The Bertz CT molecular complexity index is 1080. The van der Waals surface area contributed by atoms with E-state index in [1.807, 2.05) is 55.5 Å². The molecule has 2 aromatic carbocycles. The van der Waals surface area contributed by atoms with E-state index in [1.165, 1.54) is 6.42 Å². The highest BCUT2D eigenvalue weighted by Crippen LogP contribution is 2.31. The molecule has 0 aliphatic heterocycles. The molecule has 1 heterocycles. The molecule has 1 saturated carbocycles. The highest BCUT2D eigenvalue weighted by atomic mass is 16.6. The van der Waals surface area contributed by atoms with Crippen LogP contribution in [0.1, 0.15) is 44.6 Å². The van der Waals surface area contributed by atoms with Crippen molar-refractivity contribution < 1.29 is 18.7 Å². The number of benzene rings is 2. The third kappa shape index (κ3) is 4.40. The molecule has 0 atom stereocenters. The molecule has 1 aliphatic carbocycles. The Kier molecular flexibility index (Phi) is 6.17. The fourth-order valence-corrected chi connectivity index (χ4v) is 3.89. The molecule has 30 heavy (non-hydrogen) atoms. The summed E-state index contributed by atoms with van der Waals surface area (Å²) in [4.78, 5) is 25.6. The van der Waals surface area contributed by atoms with Crippen LogP contribution in [0.15, 0.2) is 57.7 Å². The van der Waals surface area contributed by atoms with E-state index in [2.05, 4.69) is 0 Å². The van der Waals surface area contributed by atoms with Crippen molar-refractivity contribution in [2.75, 3.05) is 6.61 Å². The third-order valence-corrected chi connectivity index (χ3v) is 5.54. The quantitative estimate of drug-likeness (QED) is 0.521. The summed E-state index contributed by atoms with van der Waals surface area (Å²) in [6, 6.07) is 14.9. The standard InChI is InChI=1S/C25H26O5/c1-2-17-13-14-21-20(15-17)23(27)25(24(30-21)18-9-5-3-6-10-18)28-16-22(26)29-19-11-7-4-8-12-19/h3,5-6,9-10,13-15,19H,2,4,7-8,11-12,16H2,1H3. The highest BCUT2D eigenvalue weighted by Gasteiger charge is 2.21. The summed E-state index contributed by atoms with van der Waals surface area (Å²) in [5, 5.41) is 0.449. The molecule has 5 heteroatoms. The monoisotopic (exact) mass is 406 g/mol. The Hall–Kier alpha value is -3.08. The molecule has 1 fully saturated rings. The second kappa shape index (κ2) is 9.16. The van der Waals surface area contributed by atoms with Crippen LogP contribution in [0.4, 0.5) is 0 Å². The van der Waals surface area contributed by atoms with Crippen LogP contribution in [0.5, 0.6) is 5.75 Å². The van der Waals surface area contributed by atoms with Gasteiger partial charge in [-0.25, -0.2) is 4.79 Å². The van der Waals surface area contributed by atoms with E-state index in [0.717, 1.165) is 37.7 Å². The van der Waals surface area contributed by atoms with Crippen molar-refractivity contribution in [1.82, 2.24) is 0 Å². The number of aryl methyl sites for hydroxylation is 1. The fourth-order valence-electron chi connectivity index (χ4n) is 3.89. The van der Waals surface area contributed by atoms with E-state index in [-0.39, 0.29) is 23.9 Å². The maximum atomic E-state index is 13.3. The molecule has 0 saturated heterocycles. The van der Waals surface area contributed by atoms with E-state index >= 15 is 0 Å². The predicted molar refractivity (Wildman–Crippen MR) is 116 cm³/mol. The number of carbonyl (C=O) groups excluding carboxylic acids is 1. The van der Waals surface area contributed by atoms with Crippen molar-refractivity contribution in [2.24, 2.45) is 0 Å². The zero-order chi connectivity index (χ0) is 20.9. The van der Waals surface area contributed by atoms with Crippen molar-refractivity contribution in [1.29, 1.82) is 0 Å². The number of rotatable bonds is 6. The van der Waals surface area contributed by atoms with Crippen LogP contribution in [-0.4, -0.2) is 18.7 Å². The van der Waals surface area contributed by atoms with Gasteiger partial charge in [-0.15, -0.1) is 0 Å². The van der Waals surface area contributed by atoms with Crippen molar-refractivity contribution >= 4 is 16.9 Å². The minimum Gasteiger partial charge on any atom is -0.474 e. The molecule has 0 radical (unpaired) electrons. The van der Waals surface area contributed by atoms with Gasteiger partial charge < -0.3 is 13.9 Å². The van der Waals surface area contributed by atoms with Crippen molar-refractivity contribution in [3.05, 3.63) is 64.3 Å². The van der Waals surface area contributed by atoms with E-state index in [4.69, 9.17) is 13.9 Å². The van der Waals surface area contributed by atoms with E-state index in [1.54, 1.807) is 0 Å². The first-order chi connectivity index (χ1) is 14.7. The maximum absolute atomic E-state index is 13.3. The van der Waals surface area contributed by atoms with Crippen LogP contribution >= 0.6 is 0 Å². The largest absolute Gasteiger partial charge is 0.474 e. The molecular weight excluding hydrogens is 380 g/mol. The Balaban J connectivity index is 1.66. The second-order valence-electron chi connectivity index (χ2n) is 7.68. The van der Waals surface area contributed by atoms with Crippen LogP contribution in [0, 0.1) is 0 Å². The van der Waals surface area contributed by atoms with Gasteiger partial charge in [-0.2, -0.15) is 0 Å². The third-order valence-electron chi connectivity index (χ3n) is 5.54. The summed E-state index contributed by atoms with van der Waals surface area (Å²) in [6.07, 6.45) is 5.86. The molecule has 4 rings (SSSR count). The van der Waals surface area contributed by atoms with E-state index in [9.17, 15) is 9.59 Å². The lowest BCUT2D eigenvalue weighted by Gasteiger charge is -2.21. The molecule has 5 nitrogen and oxygen atoms in total. The van der Waals surface area contributed by atoms with Crippen LogP contribution in [0.3, 0.4) is 0 Å². The van der Waals surface area contributed by atoms with Gasteiger partial charge >= 0.3 is 5.97 Å². The number of carbonyl (C=O) groups is 1. The summed E-state index contributed by atoms with van der Waals surface area (Å²) in [5.41, 5.74) is 1.96. The van der Waals surface area contributed by atoms with E-state index < -0.39 is 5.97 Å². The number of hydrogen-bond donors (Lipinski definition) is 0. The van der Waals surface area contributed by atoms with Crippen molar-refractivity contribution in [3.8, 4) is 17.1 Å². The molecule has 0 bridgehead atoms. The summed E-state index contributed by atoms with van der Waals surface area (Å²) in [5.74, 6) is -0.0897. The van der Waals surface area contributed by atoms with Gasteiger partial charge in [0, 0.05) is 5.56 Å². The molecule has 0 N–H and O–H groups in total. The first-order valence-electron chi connectivity index (χ1n) is 10.6. The zero-order valence-corrected chi connectivity index (χ0v) is 17.2. The average molecular weight is 406 g/mol. The Morgan fingerprint density at radius 2 is 1.83 bits per heavy atom. The van der Waals surface area contributed by atoms with Gasteiger partial charge in [0.1, 0.15) is 11.7 Å². The number of esters is 1. The van der Waals surface area contributed by atoms with Gasteiger partial charge in [0.2, 0.25) is 11.2 Å². The van der Waals surface area contributed by atoms with Gasteiger partial charge in [-0.3, -0.25) is 4.79 Å². The van der Waals surface area contributed by atoms with Crippen molar-refractivity contribution in [2.45, 2.75) is 51.6 Å². The van der Waals surface area contributed by atoms with Gasteiger partial charge in [0.25, 0.3) is 0 Å². The molecule has 0 spiro atoms. The molecular formula is C25H26O5. The van der Waals surface area contributed by atoms with Crippen LogP contribution in [-0.2, 0) is 16.0 Å². The Labute approximate surface area is 175 Å². The second-order valence-corrected chi connectivity index (χ2v) is 7.68. The smallest absolute Gasteiger partial charge is 0.344 e.